The summed E-state index contributed by atoms with van der Waals surface area (Å²) < 4.78 is 14.4. The van der Waals surface area contributed by atoms with Crippen LogP contribution in [0.15, 0.2) is 60.7 Å². The van der Waals surface area contributed by atoms with Gasteiger partial charge in [0.2, 0.25) is 0 Å². The van der Waals surface area contributed by atoms with Gasteiger partial charge in [0.15, 0.2) is 0 Å². The van der Waals surface area contributed by atoms with Crippen LogP contribution in [0.25, 0.3) is 0 Å². The van der Waals surface area contributed by atoms with Gasteiger partial charge in [0.1, 0.15) is 0 Å². The molecule has 2 saturated heterocycles. The van der Waals surface area contributed by atoms with Crippen LogP contribution in [0.3, 0.4) is 0 Å². The predicted octanol–water partition coefficient (Wildman–Crippen LogP) is 4.62. The average Bonchev–Trinajstić information content (AvgIpc) is 3.14. The normalized spacial score (nSPS) is 26.3. The fourth-order valence-electron chi connectivity index (χ4n) is 5.36. The Bertz CT molecular complexity index is 809. The van der Waals surface area contributed by atoms with E-state index in [9.17, 15) is 0 Å². The van der Waals surface area contributed by atoms with E-state index in [0.29, 0.717) is 6.61 Å². The molecule has 3 nitrogen and oxygen atoms in total. The summed E-state index contributed by atoms with van der Waals surface area (Å²) in [6.45, 7) is 13.1. The summed E-state index contributed by atoms with van der Waals surface area (Å²) in [4.78, 5) is 2.65. The van der Waals surface area contributed by atoms with Crippen molar-refractivity contribution in [2.45, 2.75) is 61.1 Å². The van der Waals surface area contributed by atoms with Crippen molar-refractivity contribution in [3.8, 4) is 0 Å². The number of hydrogen-bond donors (Lipinski definition) is 0. The van der Waals surface area contributed by atoms with Gasteiger partial charge in [-0.1, -0.05) is 104 Å². The van der Waals surface area contributed by atoms with E-state index in [1.54, 1.807) is 0 Å². The molecule has 0 radical (unpaired) electrons. The number of nitrogens with zero attached hydrogens (tertiary/aromatic N) is 1. The summed E-state index contributed by atoms with van der Waals surface area (Å²) in [6, 6.07) is 21.9. The quantitative estimate of drug-likeness (QED) is 0.309. The molecular formula is C26H36INO2Si. The Morgan fingerprint density at radius 3 is 1.97 bits per heavy atom. The molecule has 0 amide bonds. The highest BCUT2D eigenvalue weighted by Crippen LogP contribution is 2.41. The fourth-order valence-corrected chi connectivity index (χ4v) is 10.7. The molecule has 31 heavy (non-hydrogen) atoms. The molecule has 5 heteroatoms. The Labute approximate surface area is 202 Å². The molecular weight excluding hydrogens is 513 g/mol. The van der Waals surface area contributed by atoms with Gasteiger partial charge in [-0.25, -0.2) is 0 Å². The third-order valence-corrected chi connectivity index (χ3v) is 13.5. The predicted molar refractivity (Wildman–Crippen MR) is 140 cm³/mol. The molecule has 0 N–H and O–H groups in total. The Balaban J connectivity index is 1.78. The van der Waals surface area contributed by atoms with Crippen molar-refractivity contribution < 1.29 is 9.16 Å². The summed E-state index contributed by atoms with van der Waals surface area (Å²) in [5.41, 5.74) is -0.0795. The van der Waals surface area contributed by atoms with Crippen molar-refractivity contribution in [3.63, 3.8) is 0 Å². The van der Waals surface area contributed by atoms with Gasteiger partial charge in [-0.2, -0.15) is 0 Å². The molecule has 2 heterocycles. The van der Waals surface area contributed by atoms with Crippen molar-refractivity contribution >= 4 is 41.3 Å². The molecule has 0 aliphatic carbocycles. The molecule has 2 fully saturated rings. The van der Waals surface area contributed by atoms with E-state index in [1.165, 1.54) is 23.2 Å². The van der Waals surface area contributed by atoms with E-state index >= 15 is 0 Å². The molecule has 0 bridgehead atoms. The topological polar surface area (TPSA) is 21.7 Å². The van der Waals surface area contributed by atoms with E-state index in [1.807, 2.05) is 0 Å². The largest absolute Gasteiger partial charge is 0.400 e. The molecule has 168 valence electrons. The molecule has 2 aromatic carbocycles. The van der Waals surface area contributed by atoms with Gasteiger partial charge >= 0.3 is 0 Å². The minimum atomic E-state index is -2.59. The Hall–Kier alpha value is -0.733. The smallest absolute Gasteiger partial charge is 0.261 e. The van der Waals surface area contributed by atoms with Crippen molar-refractivity contribution in [2.75, 3.05) is 26.3 Å². The van der Waals surface area contributed by atoms with E-state index < -0.39 is 8.32 Å². The van der Waals surface area contributed by atoms with E-state index in [-0.39, 0.29) is 16.7 Å². The van der Waals surface area contributed by atoms with Gasteiger partial charge in [0.25, 0.3) is 8.32 Å². The standard InChI is InChI=1S/C26H36INO2Si/c1-25(2,3)31(22-11-7-5-8-12-22,23-13-9-6-10-14-23)30-24-19-29-20-26(24,4)28-17-15-21(27)16-18-28/h5-14,21,24H,15-20H2,1-4H3/t24?,26-/m1/s1. The van der Waals surface area contributed by atoms with Crippen molar-refractivity contribution in [3.05, 3.63) is 60.7 Å². The van der Waals surface area contributed by atoms with Crippen LogP contribution in [0.2, 0.25) is 5.04 Å². The Morgan fingerprint density at radius 1 is 0.968 bits per heavy atom. The van der Waals surface area contributed by atoms with Crippen LogP contribution < -0.4 is 10.4 Å². The second kappa shape index (κ2) is 9.25. The zero-order chi connectivity index (χ0) is 22.1. The number of hydrogen-bond acceptors (Lipinski definition) is 3. The molecule has 2 atom stereocenters. The first-order valence-electron chi connectivity index (χ1n) is 11.5. The molecule has 2 aromatic rings. The van der Waals surface area contributed by atoms with Crippen LogP contribution in [0.4, 0.5) is 0 Å². The van der Waals surface area contributed by atoms with E-state index in [4.69, 9.17) is 9.16 Å². The summed E-state index contributed by atoms with van der Waals surface area (Å²) in [7, 11) is -2.59. The maximum atomic E-state index is 7.50. The van der Waals surface area contributed by atoms with Crippen LogP contribution in [0.5, 0.6) is 0 Å². The minimum absolute atomic E-state index is 0.0194. The first-order valence-corrected chi connectivity index (χ1v) is 14.7. The van der Waals surface area contributed by atoms with Crippen LogP contribution >= 0.6 is 22.6 Å². The third-order valence-electron chi connectivity index (χ3n) is 7.24. The lowest BCUT2D eigenvalue weighted by molar-refractivity contribution is 0.0100. The lowest BCUT2D eigenvalue weighted by Crippen LogP contribution is -2.70. The number of rotatable bonds is 5. The number of ether oxygens (including phenoxy) is 1. The zero-order valence-electron chi connectivity index (χ0n) is 19.3. The van der Waals surface area contributed by atoms with Gasteiger partial charge in [-0.05, 0) is 48.3 Å². The average molecular weight is 550 g/mol. The molecule has 0 spiro atoms. The zero-order valence-corrected chi connectivity index (χ0v) is 22.5. The highest BCUT2D eigenvalue weighted by Gasteiger charge is 2.56. The molecule has 0 aromatic heterocycles. The minimum Gasteiger partial charge on any atom is -0.400 e. The second-order valence-corrected chi connectivity index (χ2v) is 16.3. The summed E-state index contributed by atoms with van der Waals surface area (Å²) >= 11 is 2.61. The SMILES string of the molecule is CC(C)(C)[Si](OC1COC[C@@]1(C)N1CCC(I)CC1)(c1ccccc1)c1ccccc1. The lowest BCUT2D eigenvalue weighted by atomic mass is 9.93. The van der Waals surface area contributed by atoms with Crippen LogP contribution in [-0.2, 0) is 9.16 Å². The molecule has 0 saturated carbocycles. The molecule has 4 rings (SSSR count). The molecule has 2 aliphatic heterocycles. The van der Waals surface area contributed by atoms with Gasteiger partial charge in [0, 0.05) is 3.92 Å². The lowest BCUT2D eigenvalue weighted by Gasteiger charge is -2.50. The van der Waals surface area contributed by atoms with Crippen molar-refractivity contribution in [1.82, 2.24) is 4.90 Å². The highest BCUT2D eigenvalue weighted by molar-refractivity contribution is 14.1. The summed E-state index contributed by atoms with van der Waals surface area (Å²) in [6.07, 6.45) is 2.56. The van der Waals surface area contributed by atoms with Crippen molar-refractivity contribution in [1.29, 1.82) is 0 Å². The summed E-state index contributed by atoms with van der Waals surface area (Å²) in [5, 5.41) is 2.66. The Morgan fingerprint density at radius 2 is 1.48 bits per heavy atom. The third kappa shape index (κ3) is 4.41. The second-order valence-electron chi connectivity index (χ2n) is 10.3. The fraction of sp³-hybridized carbons (Fsp3) is 0.538. The van der Waals surface area contributed by atoms with Gasteiger partial charge in [0.05, 0.1) is 24.9 Å². The Kier molecular flexibility index (Phi) is 6.99. The maximum absolute atomic E-state index is 7.50. The highest BCUT2D eigenvalue weighted by atomic mass is 127. The van der Waals surface area contributed by atoms with Crippen LogP contribution in [-0.4, -0.2) is 55.1 Å². The molecule has 1 unspecified atom stereocenters. The number of halogens is 1. The maximum Gasteiger partial charge on any atom is 0.261 e. The number of alkyl halides is 1. The van der Waals surface area contributed by atoms with Crippen molar-refractivity contribution in [2.24, 2.45) is 0 Å². The van der Waals surface area contributed by atoms with Crippen LogP contribution in [0.1, 0.15) is 40.5 Å². The molecule has 2 aliphatic rings. The van der Waals surface area contributed by atoms with Gasteiger partial charge in [-0.3, -0.25) is 4.90 Å². The first kappa shape index (κ1) is 23.4. The summed E-state index contributed by atoms with van der Waals surface area (Å²) in [5.74, 6) is 0. The van der Waals surface area contributed by atoms with Gasteiger partial charge in [-0.15, -0.1) is 0 Å². The van der Waals surface area contributed by atoms with E-state index in [2.05, 4.69) is 116 Å². The van der Waals surface area contributed by atoms with Gasteiger partial charge < -0.3 is 9.16 Å². The first-order chi connectivity index (χ1) is 14.8. The number of piperidine rings is 1. The number of benzene rings is 2. The monoisotopic (exact) mass is 549 g/mol. The van der Waals surface area contributed by atoms with Crippen LogP contribution in [0, 0.1) is 0 Å². The van der Waals surface area contributed by atoms with E-state index in [0.717, 1.165) is 23.6 Å². The number of likely N-dealkylation sites (tertiary alicyclic amines) is 1.